The second kappa shape index (κ2) is 8.24. The van der Waals surface area contributed by atoms with E-state index in [0.717, 1.165) is 38.4 Å². The van der Waals surface area contributed by atoms with Gasteiger partial charge < -0.3 is 4.90 Å². The smallest absolute Gasteiger partial charge is 0.263 e. The van der Waals surface area contributed by atoms with Gasteiger partial charge in [0.05, 0.1) is 0 Å². The zero-order chi connectivity index (χ0) is 18.6. The minimum absolute atomic E-state index is 0.0815. The van der Waals surface area contributed by atoms with E-state index < -0.39 is 10.0 Å². The van der Waals surface area contributed by atoms with Crippen LogP contribution in [0, 0.1) is 0 Å². The molecule has 0 unspecified atom stereocenters. The van der Waals surface area contributed by atoms with E-state index in [1.807, 2.05) is 12.1 Å². The number of benzene rings is 1. The molecule has 26 heavy (non-hydrogen) atoms. The Bertz CT molecular complexity index is 817. The SMILES string of the molecule is CCCN1CCN(c2ccc(NS(=O)(=O)c3ccc(Cl)nc3)cc2)CC1. The summed E-state index contributed by atoms with van der Waals surface area (Å²) in [4.78, 5) is 8.70. The van der Waals surface area contributed by atoms with Crippen LogP contribution in [-0.4, -0.2) is 51.0 Å². The van der Waals surface area contributed by atoms with Crippen LogP contribution < -0.4 is 9.62 Å². The van der Waals surface area contributed by atoms with Gasteiger partial charge in [-0.1, -0.05) is 18.5 Å². The van der Waals surface area contributed by atoms with Crippen LogP contribution in [0.25, 0.3) is 0 Å². The number of rotatable bonds is 6. The van der Waals surface area contributed by atoms with Crippen molar-refractivity contribution in [3.05, 3.63) is 47.7 Å². The van der Waals surface area contributed by atoms with E-state index in [1.165, 1.54) is 24.8 Å². The van der Waals surface area contributed by atoms with Gasteiger partial charge >= 0.3 is 0 Å². The van der Waals surface area contributed by atoms with Crippen molar-refractivity contribution in [1.82, 2.24) is 9.88 Å². The zero-order valence-corrected chi connectivity index (χ0v) is 16.3. The first-order valence-corrected chi connectivity index (χ1v) is 10.6. The van der Waals surface area contributed by atoms with Crippen molar-refractivity contribution in [3.63, 3.8) is 0 Å². The van der Waals surface area contributed by atoms with Crippen molar-refractivity contribution in [2.45, 2.75) is 18.2 Å². The van der Waals surface area contributed by atoms with Gasteiger partial charge in [-0.25, -0.2) is 13.4 Å². The number of hydrogen-bond acceptors (Lipinski definition) is 5. The minimum Gasteiger partial charge on any atom is -0.369 e. The van der Waals surface area contributed by atoms with E-state index >= 15 is 0 Å². The highest BCUT2D eigenvalue weighted by molar-refractivity contribution is 7.92. The third-order valence-corrected chi connectivity index (χ3v) is 6.00. The van der Waals surface area contributed by atoms with Gasteiger partial charge in [0.1, 0.15) is 10.0 Å². The lowest BCUT2D eigenvalue weighted by Gasteiger charge is -2.36. The molecular formula is C18H23ClN4O2S. The normalized spacial score (nSPS) is 15.8. The monoisotopic (exact) mass is 394 g/mol. The lowest BCUT2D eigenvalue weighted by atomic mass is 10.2. The molecule has 0 bridgehead atoms. The molecule has 1 N–H and O–H groups in total. The number of piperazine rings is 1. The fraction of sp³-hybridized carbons (Fsp3) is 0.389. The summed E-state index contributed by atoms with van der Waals surface area (Å²) in [5, 5.41) is 0.257. The summed E-state index contributed by atoms with van der Waals surface area (Å²) >= 11 is 5.71. The number of sulfonamides is 1. The molecule has 0 radical (unpaired) electrons. The molecule has 0 aliphatic carbocycles. The molecule has 140 valence electrons. The lowest BCUT2D eigenvalue weighted by Crippen LogP contribution is -2.46. The Balaban J connectivity index is 1.64. The summed E-state index contributed by atoms with van der Waals surface area (Å²) in [5.41, 5.74) is 1.63. The average molecular weight is 395 g/mol. The standard InChI is InChI=1S/C18H23ClN4O2S/c1-2-9-22-10-12-23(13-11-22)16-5-3-15(4-6-16)21-26(24,25)17-7-8-18(19)20-14-17/h3-8,14,21H,2,9-13H2,1H3. The van der Waals surface area contributed by atoms with Gasteiger partial charge in [-0.05, 0) is 49.4 Å². The number of pyridine rings is 1. The lowest BCUT2D eigenvalue weighted by molar-refractivity contribution is 0.258. The van der Waals surface area contributed by atoms with Crippen LogP contribution in [0.1, 0.15) is 13.3 Å². The molecule has 1 aliphatic rings. The van der Waals surface area contributed by atoms with Crippen molar-refractivity contribution in [3.8, 4) is 0 Å². The van der Waals surface area contributed by atoms with Crippen LogP contribution in [0.15, 0.2) is 47.5 Å². The highest BCUT2D eigenvalue weighted by Crippen LogP contribution is 2.22. The maximum absolute atomic E-state index is 12.4. The Morgan fingerprint density at radius 2 is 1.77 bits per heavy atom. The summed E-state index contributed by atoms with van der Waals surface area (Å²) < 4.78 is 27.3. The average Bonchev–Trinajstić information content (AvgIpc) is 2.63. The minimum atomic E-state index is -3.67. The van der Waals surface area contributed by atoms with Crippen LogP contribution in [0.5, 0.6) is 0 Å². The molecule has 8 heteroatoms. The fourth-order valence-electron chi connectivity index (χ4n) is 3.02. The maximum Gasteiger partial charge on any atom is 0.263 e. The first kappa shape index (κ1) is 18.9. The molecule has 1 aliphatic heterocycles. The quantitative estimate of drug-likeness (QED) is 0.763. The van der Waals surface area contributed by atoms with Gasteiger partial charge in [-0.15, -0.1) is 0 Å². The predicted molar refractivity (Wildman–Crippen MR) is 105 cm³/mol. The summed E-state index contributed by atoms with van der Waals surface area (Å²) in [6, 6.07) is 10.4. The molecule has 1 fully saturated rings. The Labute approximate surface area is 159 Å². The number of aromatic nitrogens is 1. The highest BCUT2D eigenvalue weighted by Gasteiger charge is 2.17. The predicted octanol–water partition coefficient (Wildman–Crippen LogP) is 3.07. The number of nitrogens with one attached hydrogen (secondary N) is 1. The molecule has 0 amide bonds. The van der Waals surface area contributed by atoms with Gasteiger partial charge in [-0.3, -0.25) is 9.62 Å². The molecular weight excluding hydrogens is 372 g/mol. The summed E-state index contributed by atoms with van der Waals surface area (Å²) in [5.74, 6) is 0. The van der Waals surface area contributed by atoms with E-state index in [0.29, 0.717) is 5.69 Å². The fourth-order valence-corrected chi connectivity index (χ4v) is 4.14. The van der Waals surface area contributed by atoms with Crippen LogP contribution in [0.3, 0.4) is 0 Å². The molecule has 1 saturated heterocycles. The maximum atomic E-state index is 12.4. The Hall–Kier alpha value is -1.83. The van der Waals surface area contributed by atoms with Crippen molar-refractivity contribution >= 4 is 33.0 Å². The van der Waals surface area contributed by atoms with Gasteiger partial charge in [0.2, 0.25) is 0 Å². The Morgan fingerprint density at radius 3 is 2.35 bits per heavy atom. The number of nitrogens with zero attached hydrogens (tertiary/aromatic N) is 3. The molecule has 6 nitrogen and oxygen atoms in total. The van der Waals surface area contributed by atoms with Crippen LogP contribution >= 0.6 is 11.6 Å². The first-order valence-electron chi connectivity index (χ1n) is 8.69. The van der Waals surface area contributed by atoms with Gasteiger partial charge in [0.15, 0.2) is 0 Å². The van der Waals surface area contributed by atoms with E-state index in [1.54, 1.807) is 12.1 Å². The van der Waals surface area contributed by atoms with Crippen LogP contribution in [0.4, 0.5) is 11.4 Å². The number of halogens is 1. The van der Waals surface area contributed by atoms with E-state index in [2.05, 4.69) is 26.4 Å². The van der Waals surface area contributed by atoms with Crippen molar-refractivity contribution in [2.24, 2.45) is 0 Å². The summed E-state index contributed by atoms with van der Waals surface area (Å²) in [6.45, 7) is 7.45. The largest absolute Gasteiger partial charge is 0.369 e. The molecule has 3 rings (SSSR count). The Kier molecular flexibility index (Phi) is 6.01. The van der Waals surface area contributed by atoms with Gasteiger partial charge in [0, 0.05) is 43.8 Å². The molecule has 2 aromatic rings. The molecule has 0 saturated carbocycles. The van der Waals surface area contributed by atoms with E-state index in [9.17, 15) is 8.42 Å². The third-order valence-electron chi connectivity index (χ3n) is 4.41. The highest BCUT2D eigenvalue weighted by atomic mass is 35.5. The van der Waals surface area contributed by atoms with Crippen molar-refractivity contribution in [2.75, 3.05) is 42.3 Å². The summed E-state index contributed by atoms with van der Waals surface area (Å²) in [6.07, 6.45) is 2.42. The van der Waals surface area contributed by atoms with E-state index in [4.69, 9.17) is 11.6 Å². The van der Waals surface area contributed by atoms with Crippen LogP contribution in [-0.2, 0) is 10.0 Å². The van der Waals surface area contributed by atoms with Crippen molar-refractivity contribution in [1.29, 1.82) is 0 Å². The molecule has 0 atom stereocenters. The molecule has 2 heterocycles. The molecule has 0 spiro atoms. The third kappa shape index (κ3) is 4.66. The molecule has 1 aromatic heterocycles. The second-order valence-corrected chi connectivity index (χ2v) is 8.37. The number of hydrogen-bond donors (Lipinski definition) is 1. The summed E-state index contributed by atoms with van der Waals surface area (Å²) in [7, 11) is -3.67. The van der Waals surface area contributed by atoms with E-state index in [-0.39, 0.29) is 10.0 Å². The van der Waals surface area contributed by atoms with Gasteiger partial charge in [0.25, 0.3) is 10.0 Å². The number of anilines is 2. The first-order chi connectivity index (χ1) is 12.5. The van der Waals surface area contributed by atoms with Gasteiger partial charge in [-0.2, -0.15) is 0 Å². The topological polar surface area (TPSA) is 65.5 Å². The molecule has 1 aromatic carbocycles. The zero-order valence-electron chi connectivity index (χ0n) is 14.7. The van der Waals surface area contributed by atoms with Crippen molar-refractivity contribution < 1.29 is 8.42 Å². The Morgan fingerprint density at radius 1 is 1.08 bits per heavy atom. The second-order valence-electron chi connectivity index (χ2n) is 6.30. The van der Waals surface area contributed by atoms with Crippen LogP contribution in [0.2, 0.25) is 5.15 Å².